The molecule has 0 bridgehead atoms. The van der Waals surface area contributed by atoms with Crippen molar-refractivity contribution in [3.8, 4) is 0 Å². The lowest BCUT2D eigenvalue weighted by atomic mass is 9.89. The molecule has 34 heavy (non-hydrogen) atoms. The van der Waals surface area contributed by atoms with Crippen molar-refractivity contribution in [3.05, 3.63) is 78.0 Å². The molecule has 1 aliphatic rings. The van der Waals surface area contributed by atoms with E-state index in [2.05, 4.69) is 22.4 Å². The second-order valence-electron chi connectivity index (χ2n) is 8.58. The third-order valence-electron chi connectivity index (χ3n) is 6.27. The van der Waals surface area contributed by atoms with Gasteiger partial charge in [-0.25, -0.2) is 4.79 Å². The van der Waals surface area contributed by atoms with Crippen molar-refractivity contribution < 1.29 is 24.6 Å². The Morgan fingerprint density at radius 2 is 1.79 bits per heavy atom. The molecule has 0 radical (unpaired) electrons. The predicted octanol–water partition coefficient (Wildman–Crippen LogP) is 3.83. The first kappa shape index (κ1) is 23.3. The van der Waals surface area contributed by atoms with Crippen LogP contribution in [-0.2, 0) is 20.8 Å². The van der Waals surface area contributed by atoms with Gasteiger partial charge in [0.1, 0.15) is 6.04 Å². The van der Waals surface area contributed by atoms with E-state index in [1.807, 2.05) is 23.1 Å². The van der Waals surface area contributed by atoms with Gasteiger partial charge in [-0.3, -0.25) is 14.5 Å². The summed E-state index contributed by atoms with van der Waals surface area (Å²) in [6, 6.07) is 14.8. The van der Waals surface area contributed by atoms with Crippen LogP contribution in [-0.4, -0.2) is 51.0 Å². The Morgan fingerprint density at radius 1 is 1.06 bits per heavy atom. The number of hydrogen-bond acceptors (Lipinski definition) is 4. The molecule has 1 amide bonds. The van der Waals surface area contributed by atoms with Crippen LogP contribution in [0.15, 0.2) is 66.9 Å². The molecule has 2 heterocycles. The zero-order chi connectivity index (χ0) is 24.1. The maximum absolute atomic E-state index is 12.3. The number of H-pyrrole nitrogens is 1. The van der Waals surface area contributed by atoms with Crippen LogP contribution < -0.4 is 5.32 Å². The molecule has 1 saturated heterocycles. The zero-order valence-corrected chi connectivity index (χ0v) is 18.6. The summed E-state index contributed by atoms with van der Waals surface area (Å²) < 4.78 is 0. The first-order chi connectivity index (χ1) is 16.4. The number of fused-ring (bicyclic) bond motifs is 1. The molecule has 0 unspecified atom stereocenters. The molecule has 0 saturated carbocycles. The minimum absolute atomic E-state index is 0.481. The van der Waals surface area contributed by atoms with Gasteiger partial charge in [-0.15, -0.1) is 0 Å². The zero-order valence-electron chi connectivity index (χ0n) is 18.6. The average Bonchev–Trinajstić information content (AvgIpc) is 3.22. The molecule has 0 aliphatic carbocycles. The first-order valence-corrected chi connectivity index (χ1v) is 11.2. The van der Waals surface area contributed by atoms with Crippen molar-refractivity contribution in [1.29, 1.82) is 0 Å². The summed E-state index contributed by atoms with van der Waals surface area (Å²) in [4.78, 5) is 39.8. The van der Waals surface area contributed by atoms with E-state index in [-0.39, 0.29) is 0 Å². The smallest absolute Gasteiger partial charge is 0.328 e. The number of benzene rings is 2. The number of hydrogen-bond donors (Lipinski definition) is 4. The summed E-state index contributed by atoms with van der Waals surface area (Å²) in [7, 11) is 0. The number of carboxylic acid groups (broad SMARTS) is 2. The van der Waals surface area contributed by atoms with Gasteiger partial charge < -0.3 is 20.5 Å². The highest BCUT2D eigenvalue weighted by atomic mass is 16.4. The summed E-state index contributed by atoms with van der Waals surface area (Å²) in [6.45, 7) is 1.43. The van der Waals surface area contributed by atoms with Gasteiger partial charge in [0.25, 0.3) is 0 Å². The Hall–Kier alpha value is -3.91. The van der Waals surface area contributed by atoms with Crippen LogP contribution in [0.5, 0.6) is 0 Å². The van der Waals surface area contributed by atoms with Crippen molar-refractivity contribution in [2.75, 3.05) is 18.4 Å². The molecule has 3 aromatic rings. The lowest BCUT2D eigenvalue weighted by molar-refractivity contribution is -0.144. The average molecular weight is 462 g/mol. The van der Waals surface area contributed by atoms with Gasteiger partial charge in [-0.05, 0) is 56.0 Å². The molecular weight excluding hydrogens is 434 g/mol. The number of carbonyl (C=O) groups is 3. The molecule has 0 spiro atoms. The molecule has 8 heteroatoms. The van der Waals surface area contributed by atoms with Crippen molar-refractivity contribution in [2.24, 2.45) is 5.92 Å². The van der Waals surface area contributed by atoms with Crippen LogP contribution in [0.25, 0.3) is 10.9 Å². The van der Waals surface area contributed by atoms with E-state index in [1.54, 1.807) is 24.4 Å². The number of aliphatic carboxylic acids is 2. The normalized spacial score (nSPS) is 16.0. The number of carboxylic acids is 2. The maximum atomic E-state index is 12.3. The Labute approximate surface area is 196 Å². The highest BCUT2D eigenvalue weighted by Crippen LogP contribution is 2.33. The summed E-state index contributed by atoms with van der Waals surface area (Å²) in [5.41, 5.74) is 3.18. The second-order valence-corrected chi connectivity index (χ2v) is 8.58. The van der Waals surface area contributed by atoms with E-state index in [9.17, 15) is 19.5 Å². The van der Waals surface area contributed by atoms with Gasteiger partial charge in [0, 0.05) is 40.5 Å². The molecule has 8 nitrogen and oxygen atoms in total. The molecule has 1 aliphatic heterocycles. The standard InChI is InChI=1S/C26H27N3O5/c30-23(8-9-24(31)32)28-19-6-7-20-21(16-27-22(20)15-19)25(26(33)34)29-12-10-18(11-13-29)14-17-4-2-1-3-5-17/h1-9,15-16,18,25,27H,10-14H2,(H,28,30)(H,31,32)(H,33,34)/b9-8+/t25-/m1/s1. The van der Waals surface area contributed by atoms with Crippen LogP contribution >= 0.6 is 0 Å². The van der Waals surface area contributed by atoms with Crippen molar-refractivity contribution in [3.63, 3.8) is 0 Å². The SMILES string of the molecule is O=C(O)/C=C/C(=O)Nc1ccc2c([C@H](C(=O)O)N3CCC(Cc4ccccc4)CC3)c[nH]c2c1. The van der Waals surface area contributed by atoms with Gasteiger partial charge in [-0.2, -0.15) is 0 Å². The molecular formula is C26H27N3O5. The molecule has 4 rings (SSSR count). The summed E-state index contributed by atoms with van der Waals surface area (Å²) in [5.74, 6) is -2.12. The lowest BCUT2D eigenvalue weighted by Crippen LogP contribution is -2.40. The molecule has 1 fully saturated rings. The first-order valence-electron chi connectivity index (χ1n) is 11.2. The van der Waals surface area contributed by atoms with Crippen molar-refractivity contribution in [2.45, 2.75) is 25.3 Å². The number of nitrogens with one attached hydrogen (secondary N) is 2. The number of anilines is 1. The monoisotopic (exact) mass is 461 g/mol. The van der Waals surface area contributed by atoms with Crippen LogP contribution in [0.2, 0.25) is 0 Å². The second kappa shape index (κ2) is 10.4. The Kier molecular flexibility index (Phi) is 7.08. The van der Waals surface area contributed by atoms with E-state index in [4.69, 9.17) is 5.11 Å². The molecule has 1 atom stereocenters. The van der Waals surface area contributed by atoms with E-state index in [0.717, 1.165) is 36.8 Å². The lowest BCUT2D eigenvalue weighted by Gasteiger charge is -2.35. The van der Waals surface area contributed by atoms with Gasteiger partial charge in [0.05, 0.1) is 0 Å². The number of aromatic amines is 1. The molecule has 4 N–H and O–H groups in total. The quantitative estimate of drug-likeness (QED) is 0.378. The number of piperidine rings is 1. The van der Waals surface area contributed by atoms with E-state index < -0.39 is 23.9 Å². The van der Waals surface area contributed by atoms with Gasteiger partial charge in [0.2, 0.25) is 5.91 Å². The molecule has 1 aromatic heterocycles. The minimum atomic E-state index is -1.21. The van der Waals surface area contributed by atoms with E-state index >= 15 is 0 Å². The predicted molar refractivity (Wildman–Crippen MR) is 129 cm³/mol. The maximum Gasteiger partial charge on any atom is 0.328 e. The largest absolute Gasteiger partial charge is 0.480 e. The summed E-state index contributed by atoms with van der Waals surface area (Å²) >= 11 is 0. The van der Waals surface area contributed by atoms with Crippen molar-refractivity contribution >= 4 is 34.4 Å². The van der Waals surface area contributed by atoms with E-state index in [0.29, 0.717) is 35.8 Å². The fourth-order valence-electron chi connectivity index (χ4n) is 4.63. The summed E-state index contributed by atoms with van der Waals surface area (Å²) in [5, 5.41) is 22.1. The Balaban J connectivity index is 1.46. The Morgan fingerprint density at radius 3 is 2.47 bits per heavy atom. The van der Waals surface area contributed by atoms with Crippen molar-refractivity contribution in [1.82, 2.24) is 9.88 Å². The number of carbonyl (C=O) groups excluding carboxylic acids is 1. The number of aromatic nitrogens is 1. The van der Waals surface area contributed by atoms with E-state index in [1.165, 1.54) is 5.56 Å². The Bertz CT molecular complexity index is 1210. The fourth-order valence-corrected chi connectivity index (χ4v) is 4.63. The third-order valence-corrected chi connectivity index (χ3v) is 6.27. The van der Waals surface area contributed by atoms with Gasteiger partial charge >= 0.3 is 11.9 Å². The van der Waals surface area contributed by atoms with Crippen LogP contribution in [0.1, 0.15) is 30.0 Å². The molecule has 176 valence electrons. The number of rotatable bonds is 8. The van der Waals surface area contributed by atoms with Crippen LogP contribution in [0, 0.1) is 5.92 Å². The number of likely N-dealkylation sites (tertiary alicyclic amines) is 1. The van der Waals surface area contributed by atoms with Crippen LogP contribution in [0.4, 0.5) is 5.69 Å². The summed E-state index contributed by atoms with van der Waals surface area (Å²) in [6.07, 6.45) is 6.32. The van der Waals surface area contributed by atoms with Gasteiger partial charge in [0.15, 0.2) is 0 Å². The highest BCUT2D eigenvalue weighted by molar-refractivity contribution is 6.03. The fraction of sp³-hybridized carbons (Fsp3) is 0.269. The third kappa shape index (κ3) is 5.52. The molecule has 2 aromatic carbocycles. The topological polar surface area (TPSA) is 123 Å². The highest BCUT2D eigenvalue weighted by Gasteiger charge is 2.32. The van der Waals surface area contributed by atoms with Crippen LogP contribution in [0.3, 0.4) is 0 Å². The minimum Gasteiger partial charge on any atom is -0.480 e. The van der Waals surface area contributed by atoms with Gasteiger partial charge in [-0.1, -0.05) is 36.4 Å². The number of nitrogens with zero attached hydrogens (tertiary/aromatic N) is 1. The number of amides is 1.